The van der Waals surface area contributed by atoms with Crippen LogP contribution in [0.3, 0.4) is 0 Å². The van der Waals surface area contributed by atoms with Crippen molar-refractivity contribution in [3.05, 3.63) is 69.9 Å². The number of aromatic nitrogens is 2. The maximum absolute atomic E-state index is 14.2. The maximum Gasteiger partial charge on any atom is 0.418 e. The Morgan fingerprint density at radius 2 is 1.90 bits per heavy atom. The van der Waals surface area contributed by atoms with Gasteiger partial charge < -0.3 is 0 Å². The molecule has 2 N–H and O–H groups in total. The number of piperidine rings is 1. The first-order valence-corrected chi connectivity index (χ1v) is 13.9. The Bertz CT molecular complexity index is 1420. The summed E-state index contributed by atoms with van der Waals surface area (Å²) >= 11 is 0. The second-order valence-electron chi connectivity index (χ2n) is 12.1. The summed E-state index contributed by atoms with van der Waals surface area (Å²) in [6, 6.07) is 8.97. The monoisotopic (exact) mass is 542 g/mol. The average Bonchev–Trinajstić information content (AvgIpc) is 3.44. The molecule has 1 aliphatic carbocycles. The molecule has 7 nitrogen and oxygen atoms in total. The fourth-order valence-corrected chi connectivity index (χ4v) is 7.23. The third kappa shape index (κ3) is 4.71. The lowest BCUT2D eigenvalue weighted by Crippen LogP contribution is -2.58. The normalized spacial score (nSPS) is 28.7. The van der Waals surface area contributed by atoms with Gasteiger partial charge in [0.05, 0.1) is 29.6 Å². The molecule has 3 fully saturated rings. The number of hydrogen-bond donors (Lipinski definition) is 2. The largest absolute Gasteiger partial charge is 0.418 e. The third-order valence-electron chi connectivity index (χ3n) is 8.93. The van der Waals surface area contributed by atoms with Gasteiger partial charge in [-0.3, -0.25) is 18.8 Å². The molecule has 0 bridgehead atoms. The first-order chi connectivity index (χ1) is 18.5. The summed E-state index contributed by atoms with van der Waals surface area (Å²) in [4.78, 5) is 18.0. The molecule has 3 aromatic rings. The number of nitrogens with one attached hydrogen (secondary N) is 2. The number of benzene rings is 1. The Balaban J connectivity index is 1.41. The van der Waals surface area contributed by atoms with Crippen LogP contribution < -0.4 is 16.5 Å². The number of rotatable bonds is 5. The van der Waals surface area contributed by atoms with Crippen LogP contribution in [0.1, 0.15) is 56.2 Å². The molecule has 10 heteroatoms. The van der Waals surface area contributed by atoms with E-state index in [4.69, 9.17) is 0 Å². The molecule has 0 radical (unpaired) electrons. The van der Waals surface area contributed by atoms with E-state index < -0.39 is 17.4 Å². The van der Waals surface area contributed by atoms with E-state index in [0.717, 1.165) is 51.0 Å². The number of likely N-dealkylation sites (N-methyl/N-ethyl adjacent to an activating group) is 1. The van der Waals surface area contributed by atoms with Crippen LogP contribution in [0.2, 0.25) is 0 Å². The van der Waals surface area contributed by atoms with Gasteiger partial charge in [0, 0.05) is 30.9 Å². The van der Waals surface area contributed by atoms with Gasteiger partial charge >= 0.3 is 11.9 Å². The van der Waals surface area contributed by atoms with Gasteiger partial charge in [-0.25, -0.2) is 15.6 Å². The van der Waals surface area contributed by atoms with Gasteiger partial charge in [0.15, 0.2) is 0 Å². The van der Waals surface area contributed by atoms with Crippen molar-refractivity contribution in [2.24, 2.45) is 11.8 Å². The van der Waals surface area contributed by atoms with Crippen LogP contribution in [0.4, 0.5) is 13.2 Å². The van der Waals surface area contributed by atoms with Crippen LogP contribution in [0.15, 0.2) is 47.5 Å². The second kappa shape index (κ2) is 9.76. The number of hydrogen-bond acceptors (Lipinski definition) is 5. The number of likely N-dealkylation sites (tertiary alicyclic amines) is 1. The Hall–Kier alpha value is -2.66. The van der Waals surface area contributed by atoms with Crippen molar-refractivity contribution < 1.29 is 13.2 Å². The molecule has 2 aromatic heterocycles. The minimum Gasteiger partial charge on any atom is -0.299 e. The standard InChI is InChI=1S/C29H37F3N6O/c1-19-6-5-9-36(14-19)15-21-10-24(29(30,31)32)25-17-37(27(39)38(25)16-21)23-8-4-7-22(11-23)28(12-20(2)13-28)26-34-33-18-35(26)3/h4,7-8,10-11,16-17,19-20,26,33-34H,5-6,9,12-15,18H2,1-3H3/t19-,20-,26?,28+/m0/s1. The molecule has 1 aromatic carbocycles. The quantitative estimate of drug-likeness (QED) is 0.503. The highest BCUT2D eigenvalue weighted by Crippen LogP contribution is 2.51. The van der Waals surface area contributed by atoms with Crippen LogP contribution in [-0.4, -0.2) is 51.7 Å². The molecule has 1 unspecified atom stereocenters. The number of fused-ring (bicyclic) bond motifs is 1. The summed E-state index contributed by atoms with van der Waals surface area (Å²) in [5.41, 5.74) is 7.25. The van der Waals surface area contributed by atoms with Gasteiger partial charge in [-0.15, -0.1) is 0 Å². The number of hydrazine groups is 1. The van der Waals surface area contributed by atoms with E-state index >= 15 is 0 Å². The van der Waals surface area contributed by atoms with Crippen LogP contribution >= 0.6 is 0 Å². The van der Waals surface area contributed by atoms with E-state index in [2.05, 4.69) is 47.6 Å². The lowest BCUT2D eigenvalue weighted by Gasteiger charge is -2.52. The van der Waals surface area contributed by atoms with E-state index in [9.17, 15) is 18.0 Å². The zero-order chi connectivity index (χ0) is 27.5. The first-order valence-electron chi connectivity index (χ1n) is 13.9. The van der Waals surface area contributed by atoms with Crippen LogP contribution in [0.25, 0.3) is 11.2 Å². The van der Waals surface area contributed by atoms with Crippen molar-refractivity contribution in [1.82, 2.24) is 29.6 Å². The number of nitrogens with zero attached hydrogens (tertiary/aromatic N) is 4. The molecule has 3 aliphatic rings. The first kappa shape index (κ1) is 26.6. The minimum atomic E-state index is -4.57. The van der Waals surface area contributed by atoms with Crippen molar-refractivity contribution >= 4 is 5.52 Å². The van der Waals surface area contributed by atoms with Gasteiger partial charge in [-0.05, 0) is 80.4 Å². The lowest BCUT2D eigenvalue weighted by molar-refractivity contribution is -0.136. The summed E-state index contributed by atoms with van der Waals surface area (Å²) in [5, 5.41) is 0. The molecule has 6 rings (SSSR count). The molecule has 0 spiro atoms. The van der Waals surface area contributed by atoms with Crippen LogP contribution in [0.5, 0.6) is 0 Å². The Labute approximate surface area is 226 Å². The predicted molar refractivity (Wildman–Crippen MR) is 144 cm³/mol. The Kier molecular flexibility index (Phi) is 6.65. The summed E-state index contributed by atoms with van der Waals surface area (Å²) in [5.74, 6) is 1.08. The second-order valence-corrected chi connectivity index (χ2v) is 12.1. The van der Waals surface area contributed by atoms with Gasteiger partial charge in [0.1, 0.15) is 0 Å². The highest BCUT2D eigenvalue weighted by molar-refractivity contribution is 5.58. The fourth-order valence-electron chi connectivity index (χ4n) is 7.23. The molecule has 39 heavy (non-hydrogen) atoms. The lowest BCUT2D eigenvalue weighted by atomic mass is 9.57. The van der Waals surface area contributed by atoms with Crippen molar-refractivity contribution in [2.75, 3.05) is 26.8 Å². The summed E-state index contributed by atoms with van der Waals surface area (Å²) < 4.78 is 45.3. The molecule has 2 saturated heterocycles. The predicted octanol–water partition coefficient (Wildman–Crippen LogP) is 4.33. The summed E-state index contributed by atoms with van der Waals surface area (Å²) in [6.07, 6.45) is 2.59. The SMILES string of the molecule is C[C@H]1CCCN(Cc2cc(C(F)(F)F)c3cn(-c4cccc([C@]5(C6NNCN6C)C[C@@H](C)C5)c4)c(=O)n3c2)C1. The fraction of sp³-hybridized carbons (Fsp3) is 0.552. The van der Waals surface area contributed by atoms with E-state index in [1.807, 2.05) is 12.1 Å². The van der Waals surface area contributed by atoms with Crippen molar-refractivity contribution in [3.8, 4) is 5.69 Å². The summed E-state index contributed by atoms with van der Waals surface area (Å²) in [6.45, 7) is 7.23. The number of pyridine rings is 1. The van der Waals surface area contributed by atoms with E-state index in [-0.39, 0.29) is 17.1 Å². The molecular formula is C29H37F3N6O. The minimum absolute atomic E-state index is 0.0886. The van der Waals surface area contributed by atoms with Crippen molar-refractivity contribution in [2.45, 2.75) is 63.8 Å². The molecule has 0 amide bonds. The molecular weight excluding hydrogens is 505 g/mol. The van der Waals surface area contributed by atoms with Crippen LogP contribution in [-0.2, 0) is 18.1 Å². The number of halogens is 3. The third-order valence-corrected chi connectivity index (χ3v) is 8.93. The van der Waals surface area contributed by atoms with Gasteiger partial charge in [0.25, 0.3) is 0 Å². The van der Waals surface area contributed by atoms with Crippen molar-refractivity contribution in [1.29, 1.82) is 0 Å². The van der Waals surface area contributed by atoms with E-state index in [1.165, 1.54) is 21.2 Å². The van der Waals surface area contributed by atoms with E-state index in [1.54, 1.807) is 12.3 Å². The topological polar surface area (TPSA) is 57.0 Å². The van der Waals surface area contributed by atoms with Crippen molar-refractivity contribution in [3.63, 3.8) is 0 Å². The van der Waals surface area contributed by atoms with E-state index in [0.29, 0.717) is 29.6 Å². The van der Waals surface area contributed by atoms with Gasteiger partial charge in [0.2, 0.25) is 0 Å². The zero-order valence-corrected chi connectivity index (χ0v) is 22.8. The number of alkyl halides is 3. The molecule has 1 saturated carbocycles. The van der Waals surface area contributed by atoms with Gasteiger partial charge in [-0.1, -0.05) is 26.0 Å². The smallest absolute Gasteiger partial charge is 0.299 e. The molecule has 2 aliphatic heterocycles. The van der Waals surface area contributed by atoms with Crippen LogP contribution in [0, 0.1) is 11.8 Å². The molecule has 2 atom stereocenters. The van der Waals surface area contributed by atoms with Gasteiger partial charge in [-0.2, -0.15) is 13.2 Å². The molecule has 210 valence electrons. The maximum atomic E-state index is 14.2. The molecule has 4 heterocycles. The summed E-state index contributed by atoms with van der Waals surface area (Å²) in [7, 11) is 2.07. The average molecular weight is 543 g/mol. The highest BCUT2D eigenvalue weighted by atomic mass is 19.4. The Morgan fingerprint density at radius 1 is 1.10 bits per heavy atom. The zero-order valence-electron chi connectivity index (χ0n) is 22.8. The number of imidazole rings is 1. The Morgan fingerprint density at radius 3 is 2.56 bits per heavy atom. The highest BCUT2D eigenvalue weighted by Gasteiger charge is 2.52.